The van der Waals surface area contributed by atoms with Crippen molar-refractivity contribution in [2.45, 2.75) is 25.4 Å². The number of ether oxygens (including phenoxy) is 3. The number of nitrogens with zero attached hydrogens (tertiary/aromatic N) is 1. The zero-order chi connectivity index (χ0) is 17.8. The zero-order valence-electron chi connectivity index (χ0n) is 14.8. The zero-order valence-corrected chi connectivity index (χ0v) is 14.8. The Bertz CT molecular complexity index is 739. The predicted molar refractivity (Wildman–Crippen MR) is 92.0 cm³/mol. The minimum absolute atomic E-state index is 0.236. The van der Waals surface area contributed by atoms with Crippen LogP contribution in [0.15, 0.2) is 34.7 Å². The molecule has 1 aliphatic heterocycles. The number of furan rings is 1. The van der Waals surface area contributed by atoms with E-state index in [0.717, 1.165) is 36.6 Å². The summed E-state index contributed by atoms with van der Waals surface area (Å²) in [6, 6.07) is 9.81. The van der Waals surface area contributed by atoms with Crippen molar-refractivity contribution >= 4 is 5.97 Å². The van der Waals surface area contributed by atoms with Crippen LogP contribution in [0.1, 0.15) is 40.8 Å². The molecule has 0 N–H and O–H groups in total. The van der Waals surface area contributed by atoms with Gasteiger partial charge in [-0.2, -0.15) is 0 Å². The first-order valence-electron chi connectivity index (χ1n) is 8.29. The van der Waals surface area contributed by atoms with Crippen LogP contribution in [-0.4, -0.2) is 38.7 Å². The number of methoxy groups -OCH3 is 3. The van der Waals surface area contributed by atoms with Gasteiger partial charge in [-0.05, 0) is 49.2 Å². The van der Waals surface area contributed by atoms with E-state index < -0.39 is 5.97 Å². The quantitative estimate of drug-likeness (QED) is 0.748. The summed E-state index contributed by atoms with van der Waals surface area (Å²) in [4.78, 5) is 13.9. The SMILES string of the molecule is COC(=O)c1ccc(CN2CCCC2c2ccc(OC)c(OC)c2)o1. The molecule has 1 fully saturated rings. The summed E-state index contributed by atoms with van der Waals surface area (Å²) in [7, 11) is 4.62. The second kappa shape index (κ2) is 7.61. The minimum atomic E-state index is -0.455. The van der Waals surface area contributed by atoms with Crippen LogP contribution in [0.2, 0.25) is 0 Å². The molecule has 6 nitrogen and oxygen atoms in total. The average Bonchev–Trinajstić information content (AvgIpc) is 3.30. The van der Waals surface area contributed by atoms with Crippen LogP contribution in [0, 0.1) is 0 Å². The molecule has 1 aromatic carbocycles. The van der Waals surface area contributed by atoms with Gasteiger partial charge in [-0.1, -0.05) is 6.07 Å². The van der Waals surface area contributed by atoms with Crippen molar-refractivity contribution in [3.8, 4) is 11.5 Å². The molecule has 1 unspecified atom stereocenters. The Morgan fingerprint density at radius 2 is 1.96 bits per heavy atom. The maximum absolute atomic E-state index is 11.5. The van der Waals surface area contributed by atoms with E-state index in [1.807, 2.05) is 18.2 Å². The fourth-order valence-corrected chi connectivity index (χ4v) is 3.33. The van der Waals surface area contributed by atoms with E-state index in [1.54, 1.807) is 20.3 Å². The van der Waals surface area contributed by atoms with Gasteiger partial charge in [0.2, 0.25) is 5.76 Å². The van der Waals surface area contributed by atoms with Gasteiger partial charge in [-0.15, -0.1) is 0 Å². The van der Waals surface area contributed by atoms with Crippen molar-refractivity contribution < 1.29 is 23.4 Å². The monoisotopic (exact) mass is 345 g/mol. The summed E-state index contributed by atoms with van der Waals surface area (Å²) >= 11 is 0. The normalized spacial score (nSPS) is 17.5. The second-order valence-corrected chi connectivity index (χ2v) is 6.00. The highest BCUT2D eigenvalue weighted by Crippen LogP contribution is 2.37. The molecule has 0 spiro atoms. The molecule has 0 radical (unpaired) electrons. The molecular weight excluding hydrogens is 322 g/mol. The average molecular weight is 345 g/mol. The van der Waals surface area contributed by atoms with Crippen molar-refractivity contribution in [1.29, 1.82) is 0 Å². The number of esters is 1. The van der Waals surface area contributed by atoms with Crippen LogP contribution in [0.25, 0.3) is 0 Å². The van der Waals surface area contributed by atoms with E-state index in [9.17, 15) is 4.79 Å². The maximum Gasteiger partial charge on any atom is 0.373 e. The van der Waals surface area contributed by atoms with E-state index in [0.29, 0.717) is 6.54 Å². The molecule has 134 valence electrons. The Hall–Kier alpha value is -2.47. The number of benzene rings is 1. The Morgan fingerprint density at radius 1 is 1.16 bits per heavy atom. The minimum Gasteiger partial charge on any atom is -0.493 e. The molecular formula is C19H23NO5. The molecule has 0 aliphatic carbocycles. The first-order chi connectivity index (χ1) is 12.2. The molecule has 1 aromatic heterocycles. The highest BCUT2D eigenvalue weighted by atomic mass is 16.5. The lowest BCUT2D eigenvalue weighted by Gasteiger charge is -2.24. The summed E-state index contributed by atoms with van der Waals surface area (Å²) in [5, 5.41) is 0. The third-order valence-electron chi connectivity index (χ3n) is 4.56. The second-order valence-electron chi connectivity index (χ2n) is 6.00. The van der Waals surface area contributed by atoms with Crippen LogP contribution in [0.4, 0.5) is 0 Å². The third kappa shape index (κ3) is 3.64. The fourth-order valence-electron chi connectivity index (χ4n) is 3.33. The van der Waals surface area contributed by atoms with Gasteiger partial charge >= 0.3 is 5.97 Å². The number of carbonyl (C=O) groups excluding carboxylic acids is 1. The Kier molecular flexibility index (Phi) is 5.28. The van der Waals surface area contributed by atoms with Gasteiger partial charge in [0.25, 0.3) is 0 Å². The van der Waals surface area contributed by atoms with Gasteiger partial charge in [-0.25, -0.2) is 4.79 Å². The van der Waals surface area contributed by atoms with Crippen LogP contribution < -0.4 is 9.47 Å². The highest BCUT2D eigenvalue weighted by Gasteiger charge is 2.28. The molecule has 2 heterocycles. The van der Waals surface area contributed by atoms with Crippen molar-refractivity contribution in [3.05, 3.63) is 47.4 Å². The van der Waals surface area contributed by atoms with E-state index in [1.165, 1.54) is 12.7 Å². The summed E-state index contributed by atoms with van der Waals surface area (Å²) in [5.41, 5.74) is 1.19. The van der Waals surface area contributed by atoms with Crippen molar-refractivity contribution in [3.63, 3.8) is 0 Å². The number of hydrogen-bond donors (Lipinski definition) is 0. The first kappa shape index (κ1) is 17.4. The third-order valence-corrected chi connectivity index (χ3v) is 4.56. The van der Waals surface area contributed by atoms with Crippen LogP contribution in [0.5, 0.6) is 11.5 Å². The summed E-state index contributed by atoms with van der Waals surface area (Å²) < 4.78 is 21.0. The molecule has 6 heteroatoms. The smallest absolute Gasteiger partial charge is 0.373 e. The van der Waals surface area contributed by atoms with E-state index in [4.69, 9.17) is 13.9 Å². The fraction of sp³-hybridized carbons (Fsp3) is 0.421. The lowest BCUT2D eigenvalue weighted by molar-refractivity contribution is 0.0561. The Morgan fingerprint density at radius 3 is 2.68 bits per heavy atom. The topological polar surface area (TPSA) is 61.1 Å². The summed E-state index contributed by atoms with van der Waals surface area (Å²) in [6.07, 6.45) is 2.18. The number of likely N-dealkylation sites (tertiary alicyclic amines) is 1. The molecule has 0 amide bonds. The highest BCUT2D eigenvalue weighted by molar-refractivity contribution is 5.86. The van der Waals surface area contributed by atoms with Gasteiger partial charge in [0.05, 0.1) is 27.9 Å². The van der Waals surface area contributed by atoms with Crippen LogP contribution >= 0.6 is 0 Å². The van der Waals surface area contributed by atoms with E-state index >= 15 is 0 Å². The number of carbonyl (C=O) groups is 1. The molecule has 1 aliphatic rings. The Labute approximate surface area is 147 Å². The lowest BCUT2D eigenvalue weighted by atomic mass is 10.0. The number of hydrogen-bond acceptors (Lipinski definition) is 6. The van der Waals surface area contributed by atoms with Crippen molar-refractivity contribution in [2.75, 3.05) is 27.9 Å². The van der Waals surface area contributed by atoms with Gasteiger partial charge in [0.1, 0.15) is 5.76 Å². The van der Waals surface area contributed by atoms with Crippen LogP contribution in [-0.2, 0) is 11.3 Å². The molecule has 25 heavy (non-hydrogen) atoms. The van der Waals surface area contributed by atoms with E-state index in [-0.39, 0.29) is 11.8 Å². The lowest BCUT2D eigenvalue weighted by Crippen LogP contribution is -2.22. The standard InChI is InChI=1S/C19H23NO5/c1-22-16-8-6-13(11-18(16)23-2)15-5-4-10-20(15)12-14-7-9-17(25-14)19(21)24-3/h6-9,11,15H,4-5,10,12H2,1-3H3. The Balaban J connectivity index is 1.76. The molecule has 2 aromatic rings. The van der Waals surface area contributed by atoms with Crippen LogP contribution in [0.3, 0.4) is 0 Å². The van der Waals surface area contributed by atoms with E-state index in [2.05, 4.69) is 15.7 Å². The molecule has 0 saturated carbocycles. The predicted octanol–water partition coefficient (Wildman–Crippen LogP) is 3.42. The molecule has 3 rings (SSSR count). The van der Waals surface area contributed by atoms with Crippen molar-refractivity contribution in [2.24, 2.45) is 0 Å². The maximum atomic E-state index is 11.5. The van der Waals surface area contributed by atoms with Gasteiger partial charge in [-0.3, -0.25) is 4.90 Å². The van der Waals surface area contributed by atoms with Crippen molar-refractivity contribution in [1.82, 2.24) is 4.90 Å². The summed E-state index contributed by atoms with van der Waals surface area (Å²) in [5.74, 6) is 2.00. The number of rotatable bonds is 6. The first-order valence-corrected chi connectivity index (χ1v) is 8.29. The van der Waals surface area contributed by atoms with Gasteiger partial charge < -0.3 is 18.6 Å². The van der Waals surface area contributed by atoms with Gasteiger partial charge in [0.15, 0.2) is 11.5 Å². The van der Waals surface area contributed by atoms with Gasteiger partial charge in [0, 0.05) is 6.04 Å². The molecule has 1 saturated heterocycles. The molecule has 1 atom stereocenters. The summed E-state index contributed by atoms with van der Waals surface area (Å²) in [6.45, 7) is 1.63. The largest absolute Gasteiger partial charge is 0.493 e. The molecule has 0 bridgehead atoms.